The van der Waals surface area contributed by atoms with E-state index >= 15 is 0 Å². The first-order chi connectivity index (χ1) is 8.58. The lowest BCUT2D eigenvalue weighted by Crippen LogP contribution is -2.40. The van der Waals surface area contributed by atoms with E-state index in [0.717, 1.165) is 9.88 Å². The van der Waals surface area contributed by atoms with E-state index in [0.29, 0.717) is 0 Å². The molecule has 2 rings (SSSR count). The van der Waals surface area contributed by atoms with Crippen molar-refractivity contribution in [3.05, 3.63) is 39.9 Å². The van der Waals surface area contributed by atoms with Gasteiger partial charge in [-0.05, 0) is 35.9 Å². The molecule has 0 bridgehead atoms. The number of hydrogen-bond acceptors (Lipinski definition) is 4. The first kappa shape index (κ1) is 13.1. The topological polar surface area (TPSA) is 61.4 Å². The average Bonchev–Trinajstić information content (AvgIpc) is 2.99. The third-order valence-corrected chi connectivity index (χ3v) is 4.31. The van der Waals surface area contributed by atoms with Crippen molar-refractivity contribution in [1.82, 2.24) is 5.32 Å². The van der Waals surface area contributed by atoms with Gasteiger partial charge < -0.3 is 10.4 Å². The van der Waals surface area contributed by atoms with Crippen LogP contribution in [0.4, 0.5) is 9.80 Å². The molecular formula is C12H14N2O2S2. The predicted octanol–water partition coefficient (Wildman–Crippen LogP) is 2.84. The molecule has 4 nitrogen and oxygen atoms in total. The molecule has 0 aliphatic carbocycles. The number of rotatable bonds is 4. The van der Waals surface area contributed by atoms with Crippen LogP contribution in [0.3, 0.4) is 0 Å². The Balaban J connectivity index is 1.86. The zero-order valence-corrected chi connectivity index (χ0v) is 11.5. The van der Waals surface area contributed by atoms with E-state index in [1.807, 2.05) is 35.0 Å². The molecule has 2 amide bonds. The smallest absolute Gasteiger partial charge is 0.319 e. The number of carbonyl (C=O) groups is 1. The zero-order chi connectivity index (χ0) is 13.0. The van der Waals surface area contributed by atoms with E-state index in [4.69, 9.17) is 0 Å². The van der Waals surface area contributed by atoms with Gasteiger partial charge in [0.25, 0.3) is 0 Å². The molecule has 0 radical (unpaired) electrons. The van der Waals surface area contributed by atoms with Gasteiger partial charge in [-0.1, -0.05) is 6.07 Å². The van der Waals surface area contributed by atoms with Gasteiger partial charge in [-0.2, -0.15) is 0 Å². The lowest BCUT2D eigenvalue weighted by Gasteiger charge is -2.22. The van der Waals surface area contributed by atoms with Crippen molar-refractivity contribution in [1.29, 1.82) is 0 Å². The minimum atomic E-state index is -1.04. The van der Waals surface area contributed by atoms with E-state index in [9.17, 15) is 9.90 Å². The monoisotopic (exact) mass is 282 g/mol. The van der Waals surface area contributed by atoms with Gasteiger partial charge in [0, 0.05) is 4.88 Å². The molecule has 0 spiro atoms. The molecule has 0 aromatic carbocycles. The normalized spacial score (nSPS) is 13.9. The van der Waals surface area contributed by atoms with Crippen LogP contribution in [-0.4, -0.2) is 17.7 Å². The van der Waals surface area contributed by atoms with Crippen molar-refractivity contribution < 1.29 is 9.90 Å². The summed E-state index contributed by atoms with van der Waals surface area (Å²) >= 11 is 2.92. The van der Waals surface area contributed by atoms with Crippen molar-refractivity contribution >= 4 is 33.7 Å². The standard InChI is InChI=1S/C12H14N2O2S2/c1-12(16,9-4-2-6-17-9)8-13-11(15)14-10-5-3-7-18-10/h2-7,16H,8H2,1H3,(H2,13,14,15)/t12-/m1/s1. The molecule has 0 saturated heterocycles. The Bertz CT molecular complexity index is 492. The number of aliphatic hydroxyl groups is 1. The summed E-state index contributed by atoms with van der Waals surface area (Å²) in [6.07, 6.45) is 0. The van der Waals surface area contributed by atoms with Crippen LogP contribution in [0.1, 0.15) is 11.8 Å². The number of amides is 2. The van der Waals surface area contributed by atoms with E-state index in [-0.39, 0.29) is 12.6 Å². The number of hydrogen-bond donors (Lipinski definition) is 3. The Morgan fingerprint density at radius 2 is 2.06 bits per heavy atom. The number of urea groups is 1. The first-order valence-electron chi connectivity index (χ1n) is 5.43. The SMILES string of the molecule is C[C@@](O)(CNC(=O)Nc1cccs1)c1cccs1. The second-order valence-corrected chi connectivity index (χ2v) is 5.93. The summed E-state index contributed by atoms with van der Waals surface area (Å²) in [5, 5.41) is 20.1. The maximum absolute atomic E-state index is 11.6. The van der Waals surface area contributed by atoms with Gasteiger partial charge in [0.2, 0.25) is 0 Å². The molecule has 2 aromatic heterocycles. The number of nitrogens with one attached hydrogen (secondary N) is 2. The van der Waals surface area contributed by atoms with Crippen molar-refractivity contribution in [3.8, 4) is 0 Å². The molecule has 1 atom stereocenters. The Kier molecular flexibility index (Phi) is 4.00. The minimum absolute atomic E-state index is 0.171. The van der Waals surface area contributed by atoms with Crippen LogP contribution in [-0.2, 0) is 5.60 Å². The summed E-state index contributed by atoms with van der Waals surface area (Å²) in [6, 6.07) is 7.10. The maximum atomic E-state index is 11.6. The third-order valence-electron chi connectivity index (χ3n) is 2.40. The maximum Gasteiger partial charge on any atom is 0.319 e. The van der Waals surface area contributed by atoms with Crippen LogP contribution in [0.2, 0.25) is 0 Å². The van der Waals surface area contributed by atoms with Crippen LogP contribution in [0, 0.1) is 0 Å². The summed E-state index contributed by atoms with van der Waals surface area (Å²) < 4.78 is 0. The highest BCUT2D eigenvalue weighted by Crippen LogP contribution is 2.24. The summed E-state index contributed by atoms with van der Waals surface area (Å²) in [5.41, 5.74) is -1.04. The van der Waals surface area contributed by atoms with Gasteiger partial charge in [-0.3, -0.25) is 5.32 Å². The summed E-state index contributed by atoms with van der Waals surface area (Å²) in [6.45, 7) is 1.86. The molecule has 2 heterocycles. The predicted molar refractivity (Wildman–Crippen MR) is 75.2 cm³/mol. The molecule has 2 aromatic rings. The minimum Gasteiger partial charge on any atom is -0.383 e. The molecule has 0 aliphatic rings. The van der Waals surface area contributed by atoms with Crippen LogP contribution in [0.15, 0.2) is 35.0 Å². The molecule has 0 fully saturated rings. The number of carbonyl (C=O) groups excluding carboxylic acids is 1. The lowest BCUT2D eigenvalue weighted by atomic mass is 10.1. The largest absolute Gasteiger partial charge is 0.383 e. The van der Waals surface area contributed by atoms with Crippen molar-refractivity contribution in [2.45, 2.75) is 12.5 Å². The molecule has 96 valence electrons. The van der Waals surface area contributed by atoms with E-state index < -0.39 is 5.60 Å². The lowest BCUT2D eigenvalue weighted by molar-refractivity contribution is 0.0637. The molecular weight excluding hydrogens is 268 g/mol. The Labute approximate surface area is 113 Å². The van der Waals surface area contributed by atoms with E-state index in [1.165, 1.54) is 22.7 Å². The van der Waals surface area contributed by atoms with Gasteiger partial charge in [-0.15, -0.1) is 22.7 Å². The molecule has 0 saturated carbocycles. The van der Waals surface area contributed by atoms with Crippen LogP contribution < -0.4 is 10.6 Å². The molecule has 3 N–H and O–H groups in total. The van der Waals surface area contributed by atoms with Crippen molar-refractivity contribution in [2.24, 2.45) is 0 Å². The average molecular weight is 282 g/mol. The summed E-state index contributed by atoms with van der Waals surface area (Å²) in [5.74, 6) is 0. The Hall–Kier alpha value is -1.37. The zero-order valence-electron chi connectivity index (χ0n) is 9.84. The van der Waals surface area contributed by atoms with Crippen LogP contribution in [0.25, 0.3) is 0 Å². The molecule has 18 heavy (non-hydrogen) atoms. The van der Waals surface area contributed by atoms with Gasteiger partial charge in [-0.25, -0.2) is 4.79 Å². The number of thiophene rings is 2. The van der Waals surface area contributed by atoms with Gasteiger partial charge in [0.1, 0.15) is 5.60 Å². The molecule has 6 heteroatoms. The Morgan fingerprint density at radius 1 is 1.33 bits per heavy atom. The fourth-order valence-corrected chi connectivity index (χ4v) is 2.83. The van der Waals surface area contributed by atoms with Crippen molar-refractivity contribution in [2.75, 3.05) is 11.9 Å². The van der Waals surface area contributed by atoms with Crippen LogP contribution >= 0.6 is 22.7 Å². The molecule has 0 aliphatic heterocycles. The van der Waals surface area contributed by atoms with Gasteiger partial charge in [0.05, 0.1) is 11.5 Å². The number of anilines is 1. The van der Waals surface area contributed by atoms with Gasteiger partial charge in [0.15, 0.2) is 0 Å². The van der Waals surface area contributed by atoms with Crippen LogP contribution in [0.5, 0.6) is 0 Å². The fraction of sp³-hybridized carbons (Fsp3) is 0.250. The summed E-state index contributed by atoms with van der Waals surface area (Å²) in [7, 11) is 0. The Morgan fingerprint density at radius 3 is 2.67 bits per heavy atom. The van der Waals surface area contributed by atoms with E-state index in [1.54, 1.807) is 6.92 Å². The van der Waals surface area contributed by atoms with E-state index in [2.05, 4.69) is 10.6 Å². The first-order valence-corrected chi connectivity index (χ1v) is 7.18. The fourth-order valence-electron chi connectivity index (χ4n) is 1.43. The van der Waals surface area contributed by atoms with Crippen molar-refractivity contribution in [3.63, 3.8) is 0 Å². The van der Waals surface area contributed by atoms with Gasteiger partial charge >= 0.3 is 6.03 Å². The molecule has 0 unspecified atom stereocenters. The second kappa shape index (κ2) is 5.51. The highest BCUT2D eigenvalue weighted by molar-refractivity contribution is 7.14. The quantitative estimate of drug-likeness (QED) is 0.807. The second-order valence-electron chi connectivity index (χ2n) is 4.04. The highest BCUT2D eigenvalue weighted by Gasteiger charge is 2.24. The third kappa shape index (κ3) is 3.32. The summed E-state index contributed by atoms with van der Waals surface area (Å²) in [4.78, 5) is 12.4. The highest BCUT2D eigenvalue weighted by atomic mass is 32.1.